The Bertz CT molecular complexity index is 1310. The summed E-state index contributed by atoms with van der Waals surface area (Å²) in [5.74, 6) is 0.467. The van der Waals surface area contributed by atoms with Gasteiger partial charge >= 0.3 is 0 Å². The fraction of sp³-hybridized carbons (Fsp3) is 0.0455. The van der Waals surface area contributed by atoms with Crippen molar-refractivity contribution in [2.75, 3.05) is 12.4 Å². The van der Waals surface area contributed by atoms with Crippen LogP contribution in [0.3, 0.4) is 0 Å². The van der Waals surface area contributed by atoms with Crippen molar-refractivity contribution < 1.29 is 9.53 Å². The Labute approximate surface area is 186 Å². The summed E-state index contributed by atoms with van der Waals surface area (Å²) in [6.45, 7) is 0. The minimum Gasteiger partial charge on any atom is -0.495 e. The zero-order valence-electron chi connectivity index (χ0n) is 15.6. The summed E-state index contributed by atoms with van der Waals surface area (Å²) < 4.78 is 6.09. The molecule has 2 heterocycles. The molecule has 1 N–H and O–H groups in total. The molecule has 0 amide bonds. The molecule has 148 valence electrons. The number of thiophene rings is 1. The van der Waals surface area contributed by atoms with E-state index in [-0.39, 0.29) is 0 Å². The van der Waals surface area contributed by atoms with Crippen molar-refractivity contribution >= 4 is 62.4 Å². The van der Waals surface area contributed by atoms with Gasteiger partial charge in [0.1, 0.15) is 18.1 Å². The molecule has 0 unspecified atom stereocenters. The van der Waals surface area contributed by atoms with E-state index in [1.54, 1.807) is 24.3 Å². The largest absolute Gasteiger partial charge is 0.495 e. The maximum absolute atomic E-state index is 10.9. The lowest BCUT2D eigenvalue weighted by Crippen LogP contribution is -1.97. The molecule has 5 nitrogen and oxygen atoms in total. The van der Waals surface area contributed by atoms with Gasteiger partial charge in [-0.25, -0.2) is 0 Å². The molecule has 4 aromatic rings. The standard InChI is InChI=1S/C22H13Cl2N3O2S/c1-29-19-7-18(16(23)6-17(19)24)27-20-14(8-25)9-26-21-15(11-30-22(20)21)13-4-2-12(10-28)3-5-13/h2-7,9-11H,1H3,(H,26,27). The number of aldehydes is 1. The molecule has 2 aromatic carbocycles. The van der Waals surface area contributed by atoms with Crippen LogP contribution >= 0.6 is 34.5 Å². The Morgan fingerprint density at radius 1 is 1.20 bits per heavy atom. The fourth-order valence-electron chi connectivity index (χ4n) is 3.04. The van der Waals surface area contributed by atoms with Crippen molar-refractivity contribution in [1.82, 2.24) is 4.98 Å². The van der Waals surface area contributed by atoms with E-state index >= 15 is 0 Å². The van der Waals surface area contributed by atoms with E-state index in [2.05, 4.69) is 16.4 Å². The second kappa shape index (κ2) is 8.33. The number of nitrogens with zero attached hydrogens (tertiary/aromatic N) is 2. The van der Waals surface area contributed by atoms with Gasteiger partial charge in [0.15, 0.2) is 0 Å². The van der Waals surface area contributed by atoms with Gasteiger partial charge < -0.3 is 10.1 Å². The van der Waals surface area contributed by atoms with Crippen molar-refractivity contribution in [2.45, 2.75) is 0 Å². The molecule has 0 radical (unpaired) electrons. The number of pyridine rings is 1. The molecule has 30 heavy (non-hydrogen) atoms. The van der Waals surface area contributed by atoms with Crippen LogP contribution in [0, 0.1) is 11.3 Å². The number of halogens is 2. The van der Waals surface area contributed by atoms with Gasteiger partial charge in [-0.15, -0.1) is 11.3 Å². The highest BCUT2D eigenvalue weighted by Gasteiger charge is 2.17. The molecular formula is C22H13Cl2N3O2S. The molecule has 0 aliphatic carbocycles. The topological polar surface area (TPSA) is 75.0 Å². The number of hydrogen-bond donors (Lipinski definition) is 1. The lowest BCUT2D eigenvalue weighted by Gasteiger charge is -2.13. The van der Waals surface area contributed by atoms with Crippen LogP contribution in [0.5, 0.6) is 5.75 Å². The first kappa shape index (κ1) is 20.2. The summed E-state index contributed by atoms with van der Waals surface area (Å²) in [6, 6.07) is 12.7. The lowest BCUT2D eigenvalue weighted by atomic mass is 10.1. The molecule has 2 aromatic heterocycles. The average Bonchev–Trinajstić information content (AvgIpc) is 3.20. The Morgan fingerprint density at radius 2 is 1.97 bits per heavy atom. The number of aromatic nitrogens is 1. The first-order chi connectivity index (χ1) is 14.5. The number of anilines is 2. The summed E-state index contributed by atoms with van der Waals surface area (Å²) in [4.78, 5) is 15.4. The van der Waals surface area contributed by atoms with E-state index in [1.807, 2.05) is 17.5 Å². The molecule has 0 saturated carbocycles. The molecule has 0 bridgehead atoms. The third-order valence-corrected chi connectivity index (χ3v) is 6.16. The van der Waals surface area contributed by atoms with E-state index in [4.69, 9.17) is 27.9 Å². The predicted molar refractivity (Wildman–Crippen MR) is 121 cm³/mol. The molecule has 0 aliphatic rings. The Hall–Kier alpha value is -3.11. The quantitative estimate of drug-likeness (QED) is 0.340. The Balaban J connectivity index is 1.85. The maximum atomic E-state index is 10.9. The number of carbonyl (C=O) groups is 1. The van der Waals surface area contributed by atoms with Crippen LogP contribution in [0.4, 0.5) is 11.4 Å². The highest BCUT2D eigenvalue weighted by Crippen LogP contribution is 2.41. The van der Waals surface area contributed by atoms with Crippen LogP contribution in [-0.2, 0) is 0 Å². The number of methoxy groups -OCH3 is 1. The van der Waals surface area contributed by atoms with Crippen LogP contribution < -0.4 is 10.1 Å². The summed E-state index contributed by atoms with van der Waals surface area (Å²) in [5.41, 5.74) is 4.75. The van der Waals surface area contributed by atoms with Crippen LogP contribution in [0.25, 0.3) is 21.3 Å². The molecule has 0 fully saturated rings. The maximum Gasteiger partial charge on any atom is 0.150 e. The van der Waals surface area contributed by atoms with Gasteiger partial charge in [-0.1, -0.05) is 47.5 Å². The van der Waals surface area contributed by atoms with E-state index in [9.17, 15) is 10.1 Å². The molecule has 4 rings (SSSR count). The van der Waals surface area contributed by atoms with Gasteiger partial charge in [-0.2, -0.15) is 5.26 Å². The number of ether oxygens (including phenoxy) is 1. The van der Waals surface area contributed by atoms with E-state index in [0.717, 1.165) is 27.6 Å². The van der Waals surface area contributed by atoms with Crippen LogP contribution in [0.15, 0.2) is 48.0 Å². The molecule has 0 aliphatic heterocycles. The molecule has 8 heteroatoms. The third kappa shape index (κ3) is 3.59. The molecule has 0 atom stereocenters. The van der Waals surface area contributed by atoms with E-state index in [0.29, 0.717) is 38.3 Å². The smallest absolute Gasteiger partial charge is 0.150 e. The van der Waals surface area contributed by atoms with Crippen molar-refractivity contribution in [3.63, 3.8) is 0 Å². The summed E-state index contributed by atoms with van der Waals surface area (Å²) in [7, 11) is 1.52. The monoisotopic (exact) mass is 453 g/mol. The molecule has 0 spiro atoms. The summed E-state index contributed by atoms with van der Waals surface area (Å²) in [5, 5.41) is 15.6. The van der Waals surface area contributed by atoms with Gasteiger partial charge in [0.2, 0.25) is 0 Å². The zero-order valence-corrected chi connectivity index (χ0v) is 17.9. The summed E-state index contributed by atoms with van der Waals surface area (Å²) in [6.07, 6.45) is 2.33. The highest BCUT2D eigenvalue weighted by molar-refractivity contribution is 7.18. The summed E-state index contributed by atoms with van der Waals surface area (Å²) >= 11 is 14.0. The predicted octanol–water partition coefficient (Wildman–Crippen LogP) is 6.71. The average molecular weight is 454 g/mol. The number of nitrogens with one attached hydrogen (secondary N) is 1. The van der Waals surface area contributed by atoms with Crippen molar-refractivity contribution in [2.24, 2.45) is 0 Å². The van der Waals surface area contributed by atoms with E-state index in [1.165, 1.54) is 24.6 Å². The molecule has 0 saturated heterocycles. The van der Waals surface area contributed by atoms with Crippen LogP contribution in [0.1, 0.15) is 15.9 Å². The number of nitriles is 1. The lowest BCUT2D eigenvalue weighted by molar-refractivity contribution is 0.112. The number of hydrogen-bond acceptors (Lipinski definition) is 6. The van der Waals surface area contributed by atoms with Gasteiger partial charge in [0.25, 0.3) is 0 Å². The molecular weight excluding hydrogens is 441 g/mol. The Kier molecular flexibility index (Phi) is 5.60. The highest BCUT2D eigenvalue weighted by atomic mass is 35.5. The number of fused-ring (bicyclic) bond motifs is 1. The van der Waals surface area contributed by atoms with Gasteiger partial charge in [-0.3, -0.25) is 9.78 Å². The number of rotatable bonds is 5. The van der Waals surface area contributed by atoms with Crippen LogP contribution in [-0.4, -0.2) is 18.4 Å². The zero-order chi connectivity index (χ0) is 21.3. The van der Waals surface area contributed by atoms with Crippen molar-refractivity contribution in [3.05, 3.63) is 69.1 Å². The SMILES string of the molecule is COc1cc(Nc2c(C#N)cnc3c(-c4ccc(C=O)cc4)csc23)c(Cl)cc1Cl. The first-order valence-corrected chi connectivity index (χ1v) is 10.3. The number of carbonyl (C=O) groups excluding carboxylic acids is 1. The van der Waals surface area contributed by atoms with Crippen molar-refractivity contribution in [3.8, 4) is 22.9 Å². The normalized spacial score (nSPS) is 10.6. The fourth-order valence-corrected chi connectivity index (χ4v) is 4.59. The minimum atomic E-state index is 0.386. The second-order valence-corrected chi connectivity index (χ2v) is 8.01. The third-order valence-electron chi connectivity index (χ3n) is 4.56. The Morgan fingerprint density at radius 3 is 2.63 bits per heavy atom. The first-order valence-electron chi connectivity index (χ1n) is 8.71. The van der Waals surface area contributed by atoms with Gasteiger partial charge in [0, 0.05) is 28.8 Å². The van der Waals surface area contributed by atoms with E-state index < -0.39 is 0 Å². The minimum absolute atomic E-state index is 0.386. The second-order valence-electron chi connectivity index (χ2n) is 6.32. The van der Waals surface area contributed by atoms with Gasteiger partial charge in [0.05, 0.1) is 44.3 Å². The number of benzene rings is 2. The van der Waals surface area contributed by atoms with Crippen LogP contribution in [0.2, 0.25) is 10.0 Å². The van der Waals surface area contributed by atoms with Gasteiger partial charge in [-0.05, 0) is 11.6 Å². The van der Waals surface area contributed by atoms with Crippen molar-refractivity contribution in [1.29, 1.82) is 5.26 Å².